The Balaban J connectivity index is 1.70. The summed E-state index contributed by atoms with van der Waals surface area (Å²) in [7, 11) is 0. The second kappa shape index (κ2) is 7.01. The largest absolute Gasteiger partial charge is 0.371 e. The maximum atomic E-state index is 6.11. The van der Waals surface area contributed by atoms with Crippen LogP contribution in [0.5, 0.6) is 0 Å². The predicted octanol–water partition coefficient (Wildman–Crippen LogP) is 3.78. The van der Waals surface area contributed by atoms with E-state index in [0.29, 0.717) is 16.7 Å². The molecule has 0 saturated carbocycles. The van der Waals surface area contributed by atoms with E-state index in [9.17, 15) is 0 Å². The number of hydrogen-bond donors (Lipinski definition) is 0. The van der Waals surface area contributed by atoms with Crippen molar-refractivity contribution in [1.29, 1.82) is 0 Å². The van der Waals surface area contributed by atoms with Gasteiger partial charge < -0.3 is 9.30 Å². The molecule has 0 radical (unpaired) electrons. The molecule has 0 N–H and O–H groups in total. The number of nitrogens with zero attached hydrogens (tertiary/aromatic N) is 3. The van der Waals surface area contributed by atoms with Crippen molar-refractivity contribution in [3.63, 3.8) is 0 Å². The highest BCUT2D eigenvalue weighted by Gasteiger charge is 2.23. The van der Waals surface area contributed by atoms with Crippen molar-refractivity contribution in [2.24, 2.45) is 0 Å². The Kier molecular flexibility index (Phi) is 5.03. The van der Waals surface area contributed by atoms with Crippen LogP contribution in [0.2, 0.25) is 10.0 Å². The molecule has 0 spiro atoms. The van der Waals surface area contributed by atoms with Gasteiger partial charge in [0.05, 0.1) is 29.3 Å². The van der Waals surface area contributed by atoms with E-state index in [4.69, 9.17) is 27.9 Å². The molecule has 118 valence electrons. The molecule has 4 nitrogen and oxygen atoms in total. The van der Waals surface area contributed by atoms with E-state index < -0.39 is 0 Å². The average molecular weight is 340 g/mol. The molecule has 1 aliphatic rings. The Morgan fingerprint density at radius 2 is 2.18 bits per heavy atom. The summed E-state index contributed by atoms with van der Waals surface area (Å²) in [5, 5.41) is 1.14. The lowest BCUT2D eigenvalue weighted by atomic mass is 10.1. The predicted molar refractivity (Wildman–Crippen MR) is 88.3 cm³/mol. The van der Waals surface area contributed by atoms with Crippen LogP contribution >= 0.6 is 23.2 Å². The number of benzene rings is 1. The maximum absolute atomic E-state index is 6.11. The monoisotopic (exact) mass is 339 g/mol. The minimum Gasteiger partial charge on any atom is -0.371 e. The van der Waals surface area contributed by atoms with Crippen LogP contribution in [-0.4, -0.2) is 34.1 Å². The third-order valence-electron chi connectivity index (χ3n) is 3.97. The summed E-state index contributed by atoms with van der Waals surface area (Å²) >= 11 is 12.1. The molecule has 1 atom stereocenters. The third kappa shape index (κ3) is 3.46. The molecule has 1 fully saturated rings. The highest BCUT2D eigenvalue weighted by atomic mass is 35.5. The molecule has 1 aliphatic heterocycles. The Morgan fingerprint density at radius 1 is 1.32 bits per heavy atom. The molecule has 1 aromatic heterocycles. The summed E-state index contributed by atoms with van der Waals surface area (Å²) in [6, 6.07) is 5.70. The Bertz CT molecular complexity index is 644. The van der Waals surface area contributed by atoms with Crippen molar-refractivity contribution in [1.82, 2.24) is 14.5 Å². The molecule has 0 unspecified atom stereocenters. The summed E-state index contributed by atoms with van der Waals surface area (Å²) < 4.78 is 8.06. The Labute approximate surface area is 140 Å². The Hall–Kier alpha value is -1.07. The summed E-state index contributed by atoms with van der Waals surface area (Å²) in [5.74, 6) is 1.09. The molecule has 22 heavy (non-hydrogen) atoms. The van der Waals surface area contributed by atoms with Gasteiger partial charge in [-0.05, 0) is 24.6 Å². The first-order valence-electron chi connectivity index (χ1n) is 7.46. The number of halogens is 2. The molecule has 0 aliphatic carbocycles. The molecular weight excluding hydrogens is 321 g/mol. The number of morpholine rings is 1. The van der Waals surface area contributed by atoms with E-state index in [2.05, 4.69) is 21.4 Å². The van der Waals surface area contributed by atoms with Crippen molar-refractivity contribution in [3.05, 3.63) is 52.0 Å². The summed E-state index contributed by atoms with van der Waals surface area (Å²) in [6.07, 6.45) is 3.90. The van der Waals surface area contributed by atoms with Crippen LogP contribution in [0.1, 0.15) is 24.4 Å². The van der Waals surface area contributed by atoms with E-state index in [0.717, 1.165) is 37.6 Å². The highest BCUT2D eigenvalue weighted by molar-refractivity contribution is 6.42. The maximum Gasteiger partial charge on any atom is 0.122 e. The van der Waals surface area contributed by atoms with Crippen LogP contribution in [0, 0.1) is 0 Å². The van der Waals surface area contributed by atoms with Crippen LogP contribution in [0.25, 0.3) is 0 Å². The van der Waals surface area contributed by atoms with Gasteiger partial charge in [-0.3, -0.25) is 4.90 Å². The smallest absolute Gasteiger partial charge is 0.122 e. The van der Waals surface area contributed by atoms with Gasteiger partial charge in [0.15, 0.2) is 0 Å². The molecule has 1 saturated heterocycles. The van der Waals surface area contributed by atoms with Crippen molar-refractivity contribution in [2.45, 2.75) is 26.1 Å². The van der Waals surface area contributed by atoms with Crippen LogP contribution in [0.3, 0.4) is 0 Å². The molecule has 1 aromatic carbocycles. The van der Waals surface area contributed by atoms with E-state index in [1.165, 1.54) is 0 Å². The number of ether oxygens (including phenoxy) is 1. The summed E-state index contributed by atoms with van der Waals surface area (Å²) in [6.45, 7) is 6.35. The van der Waals surface area contributed by atoms with E-state index >= 15 is 0 Å². The standard InChI is InChI=1S/C16H19Cl2N3O/c1-2-21-6-5-19-16(21)11-20-7-8-22-15(10-20)12-3-4-13(17)14(18)9-12/h3-6,9,15H,2,7-8,10-11H2,1H3/t15-/m0/s1. The van der Waals surface area contributed by atoms with Crippen LogP contribution in [0.4, 0.5) is 0 Å². The van der Waals surface area contributed by atoms with Gasteiger partial charge in [-0.2, -0.15) is 0 Å². The van der Waals surface area contributed by atoms with E-state index in [1.807, 2.05) is 30.6 Å². The fourth-order valence-corrected chi connectivity index (χ4v) is 3.05. The second-order valence-corrected chi connectivity index (χ2v) is 6.21. The first-order chi connectivity index (χ1) is 10.7. The van der Waals surface area contributed by atoms with Gasteiger partial charge in [-0.15, -0.1) is 0 Å². The number of imidazole rings is 1. The number of aryl methyl sites for hydroxylation is 1. The summed E-state index contributed by atoms with van der Waals surface area (Å²) in [5.41, 5.74) is 1.07. The highest BCUT2D eigenvalue weighted by Crippen LogP contribution is 2.29. The van der Waals surface area contributed by atoms with E-state index in [-0.39, 0.29) is 6.10 Å². The zero-order chi connectivity index (χ0) is 15.5. The zero-order valence-corrected chi connectivity index (χ0v) is 14.0. The number of hydrogen-bond acceptors (Lipinski definition) is 3. The lowest BCUT2D eigenvalue weighted by Gasteiger charge is -2.33. The van der Waals surface area contributed by atoms with Crippen LogP contribution in [-0.2, 0) is 17.8 Å². The SMILES string of the molecule is CCn1ccnc1CN1CCO[C@H](c2ccc(Cl)c(Cl)c2)C1. The molecule has 2 heterocycles. The molecule has 0 amide bonds. The minimum absolute atomic E-state index is 0.0218. The average Bonchev–Trinajstić information content (AvgIpc) is 2.97. The first kappa shape index (κ1) is 15.8. The molecular formula is C16H19Cl2N3O. The van der Waals surface area contributed by atoms with Gasteiger partial charge in [0.2, 0.25) is 0 Å². The van der Waals surface area contributed by atoms with Gasteiger partial charge in [-0.1, -0.05) is 29.3 Å². The lowest BCUT2D eigenvalue weighted by Crippen LogP contribution is -2.38. The topological polar surface area (TPSA) is 30.3 Å². The molecule has 3 rings (SSSR count). The Morgan fingerprint density at radius 3 is 2.95 bits per heavy atom. The van der Waals surface area contributed by atoms with Gasteiger partial charge in [0.25, 0.3) is 0 Å². The van der Waals surface area contributed by atoms with Gasteiger partial charge >= 0.3 is 0 Å². The van der Waals surface area contributed by atoms with Gasteiger partial charge in [0.1, 0.15) is 5.82 Å². The number of aromatic nitrogens is 2. The van der Waals surface area contributed by atoms with Crippen LogP contribution < -0.4 is 0 Å². The van der Waals surface area contributed by atoms with Crippen molar-refractivity contribution in [3.8, 4) is 0 Å². The second-order valence-electron chi connectivity index (χ2n) is 5.40. The lowest BCUT2D eigenvalue weighted by molar-refractivity contribution is -0.0339. The zero-order valence-electron chi connectivity index (χ0n) is 12.5. The fraction of sp³-hybridized carbons (Fsp3) is 0.438. The third-order valence-corrected chi connectivity index (χ3v) is 4.71. The molecule has 6 heteroatoms. The quantitative estimate of drug-likeness (QED) is 0.848. The van der Waals surface area contributed by atoms with Crippen LogP contribution in [0.15, 0.2) is 30.6 Å². The van der Waals surface area contributed by atoms with Crippen molar-refractivity contribution < 1.29 is 4.74 Å². The minimum atomic E-state index is 0.0218. The first-order valence-corrected chi connectivity index (χ1v) is 8.22. The van der Waals surface area contributed by atoms with E-state index in [1.54, 1.807) is 0 Å². The summed E-state index contributed by atoms with van der Waals surface area (Å²) in [4.78, 5) is 6.81. The normalized spacial score (nSPS) is 19.5. The molecule has 2 aromatic rings. The molecule has 0 bridgehead atoms. The van der Waals surface area contributed by atoms with Crippen molar-refractivity contribution >= 4 is 23.2 Å². The number of rotatable bonds is 4. The van der Waals surface area contributed by atoms with Gasteiger partial charge in [0, 0.05) is 32.0 Å². The fourth-order valence-electron chi connectivity index (χ4n) is 2.74. The van der Waals surface area contributed by atoms with Crippen molar-refractivity contribution in [2.75, 3.05) is 19.7 Å². The van der Waals surface area contributed by atoms with Gasteiger partial charge in [-0.25, -0.2) is 4.98 Å².